The first-order valence-corrected chi connectivity index (χ1v) is 6.85. The van der Waals surface area contributed by atoms with Gasteiger partial charge >= 0.3 is 0 Å². The summed E-state index contributed by atoms with van der Waals surface area (Å²) in [5.41, 5.74) is 8.27. The molecule has 0 saturated carbocycles. The molecular formula is C17H15N3O2. The number of hydrogen-bond acceptors (Lipinski definition) is 4. The van der Waals surface area contributed by atoms with Gasteiger partial charge in [-0.25, -0.2) is 9.97 Å². The Balaban J connectivity index is 2.03. The topological polar surface area (TPSA) is 78.1 Å². The maximum Gasteiger partial charge on any atom is 0.267 e. The summed E-state index contributed by atoms with van der Waals surface area (Å²) in [6.45, 7) is 0. The summed E-state index contributed by atoms with van der Waals surface area (Å²) in [5.74, 6) is 0.0257. The van der Waals surface area contributed by atoms with Gasteiger partial charge in [-0.05, 0) is 23.3 Å². The predicted octanol–water partition coefficient (Wildman–Crippen LogP) is 2.33. The molecule has 0 unspecified atom stereocenters. The van der Waals surface area contributed by atoms with E-state index in [0.717, 1.165) is 22.0 Å². The number of methoxy groups -OCH3 is 1. The molecule has 0 spiro atoms. The second-order valence-electron chi connectivity index (χ2n) is 4.94. The van der Waals surface area contributed by atoms with Crippen LogP contribution in [-0.4, -0.2) is 23.0 Å². The minimum atomic E-state index is -0.526. The van der Waals surface area contributed by atoms with E-state index in [9.17, 15) is 4.79 Å². The van der Waals surface area contributed by atoms with Gasteiger partial charge in [0.2, 0.25) is 5.88 Å². The molecule has 110 valence electrons. The number of carbonyl (C=O) groups excluding carboxylic acids is 1. The highest BCUT2D eigenvalue weighted by molar-refractivity contribution is 5.95. The predicted molar refractivity (Wildman–Crippen MR) is 83.9 cm³/mol. The van der Waals surface area contributed by atoms with Crippen molar-refractivity contribution in [1.29, 1.82) is 0 Å². The average molecular weight is 293 g/mol. The van der Waals surface area contributed by atoms with Gasteiger partial charge in [0, 0.05) is 24.1 Å². The van der Waals surface area contributed by atoms with Crippen LogP contribution in [0.3, 0.4) is 0 Å². The number of primary amides is 1. The maximum absolute atomic E-state index is 11.7. The molecule has 1 amide bonds. The lowest BCUT2D eigenvalue weighted by Crippen LogP contribution is -2.16. The molecule has 0 aliphatic rings. The molecule has 0 aliphatic heterocycles. The smallest absolute Gasteiger partial charge is 0.267 e. The molecule has 2 aromatic heterocycles. The molecule has 0 bridgehead atoms. The Morgan fingerprint density at radius 1 is 1.23 bits per heavy atom. The molecule has 5 nitrogen and oxygen atoms in total. The molecular weight excluding hydrogens is 278 g/mol. The van der Waals surface area contributed by atoms with Gasteiger partial charge in [0.1, 0.15) is 5.69 Å². The van der Waals surface area contributed by atoms with E-state index in [1.807, 2.05) is 36.4 Å². The highest BCUT2D eigenvalue weighted by Gasteiger charge is 2.12. The van der Waals surface area contributed by atoms with Crippen molar-refractivity contribution in [3.05, 3.63) is 65.5 Å². The van der Waals surface area contributed by atoms with Crippen molar-refractivity contribution in [1.82, 2.24) is 9.97 Å². The van der Waals surface area contributed by atoms with Crippen LogP contribution >= 0.6 is 0 Å². The van der Waals surface area contributed by atoms with Gasteiger partial charge in [-0.15, -0.1) is 0 Å². The Kier molecular flexibility index (Phi) is 3.70. The molecule has 0 atom stereocenters. The van der Waals surface area contributed by atoms with Gasteiger partial charge in [0.05, 0.1) is 12.6 Å². The number of pyridine rings is 2. The monoisotopic (exact) mass is 293 g/mol. The van der Waals surface area contributed by atoms with Crippen LogP contribution in [0.5, 0.6) is 5.88 Å². The number of aromatic nitrogens is 2. The largest absolute Gasteiger partial charge is 0.481 e. The molecule has 0 radical (unpaired) electrons. The summed E-state index contributed by atoms with van der Waals surface area (Å²) in [6, 6.07) is 13.3. The summed E-state index contributed by atoms with van der Waals surface area (Å²) < 4.78 is 5.04. The second kappa shape index (κ2) is 5.81. The van der Waals surface area contributed by atoms with Gasteiger partial charge in [-0.1, -0.05) is 24.3 Å². The van der Waals surface area contributed by atoms with E-state index in [-0.39, 0.29) is 0 Å². The van der Waals surface area contributed by atoms with E-state index < -0.39 is 5.91 Å². The number of nitrogens with zero attached hydrogens (tertiary/aromatic N) is 2. The van der Waals surface area contributed by atoms with Gasteiger partial charge in [-0.3, -0.25) is 4.79 Å². The number of fused-ring (bicyclic) bond motifs is 1. The lowest BCUT2D eigenvalue weighted by Gasteiger charge is -2.09. The Morgan fingerprint density at radius 3 is 2.73 bits per heavy atom. The second-order valence-corrected chi connectivity index (χ2v) is 4.94. The van der Waals surface area contributed by atoms with E-state index in [0.29, 0.717) is 18.0 Å². The molecule has 22 heavy (non-hydrogen) atoms. The van der Waals surface area contributed by atoms with Gasteiger partial charge in [-0.2, -0.15) is 0 Å². The highest BCUT2D eigenvalue weighted by atomic mass is 16.5. The average Bonchev–Trinajstić information content (AvgIpc) is 2.54. The molecule has 3 aromatic rings. The van der Waals surface area contributed by atoms with Crippen molar-refractivity contribution in [2.45, 2.75) is 6.42 Å². The number of amides is 1. The number of para-hydroxylation sites is 1. The molecule has 0 fully saturated rings. The van der Waals surface area contributed by atoms with E-state index in [1.54, 1.807) is 19.4 Å². The number of benzene rings is 1. The molecule has 2 heterocycles. The summed E-state index contributed by atoms with van der Waals surface area (Å²) in [5, 5.41) is 0.976. The van der Waals surface area contributed by atoms with Crippen molar-refractivity contribution < 1.29 is 9.53 Å². The zero-order valence-electron chi connectivity index (χ0n) is 12.1. The third-order valence-corrected chi connectivity index (χ3v) is 3.44. The molecule has 0 aliphatic carbocycles. The van der Waals surface area contributed by atoms with Gasteiger partial charge in [0.15, 0.2) is 0 Å². The number of carbonyl (C=O) groups is 1. The first-order chi connectivity index (χ1) is 10.7. The van der Waals surface area contributed by atoms with Crippen LogP contribution in [-0.2, 0) is 6.42 Å². The van der Waals surface area contributed by atoms with Gasteiger partial charge in [0.25, 0.3) is 5.91 Å². The molecule has 0 saturated heterocycles. The van der Waals surface area contributed by atoms with E-state index >= 15 is 0 Å². The van der Waals surface area contributed by atoms with Crippen molar-refractivity contribution >= 4 is 16.8 Å². The van der Waals surface area contributed by atoms with Crippen molar-refractivity contribution in [3.63, 3.8) is 0 Å². The normalized spacial score (nSPS) is 10.6. The van der Waals surface area contributed by atoms with Crippen LogP contribution in [0, 0.1) is 0 Å². The quantitative estimate of drug-likeness (QED) is 0.800. The first-order valence-electron chi connectivity index (χ1n) is 6.85. The van der Waals surface area contributed by atoms with Crippen LogP contribution in [0.4, 0.5) is 0 Å². The lowest BCUT2D eigenvalue weighted by atomic mass is 10.0. The molecule has 1 aromatic carbocycles. The zero-order valence-corrected chi connectivity index (χ0v) is 12.1. The number of ether oxygens (including phenoxy) is 1. The summed E-state index contributed by atoms with van der Waals surface area (Å²) in [6.07, 6.45) is 2.26. The summed E-state index contributed by atoms with van der Waals surface area (Å²) in [7, 11) is 1.57. The van der Waals surface area contributed by atoms with Crippen LogP contribution < -0.4 is 10.5 Å². The highest BCUT2D eigenvalue weighted by Crippen LogP contribution is 2.20. The van der Waals surface area contributed by atoms with Crippen LogP contribution in [0.2, 0.25) is 0 Å². The van der Waals surface area contributed by atoms with Crippen molar-refractivity contribution in [2.24, 2.45) is 5.73 Å². The Morgan fingerprint density at radius 2 is 2.05 bits per heavy atom. The first kappa shape index (κ1) is 14.0. The summed E-state index contributed by atoms with van der Waals surface area (Å²) in [4.78, 5) is 20.2. The minimum absolute atomic E-state index is 0.300. The fraction of sp³-hybridized carbons (Fsp3) is 0.118. The minimum Gasteiger partial charge on any atom is -0.481 e. The number of nitrogens with two attached hydrogens (primary N) is 1. The zero-order chi connectivity index (χ0) is 15.5. The standard InChI is InChI=1S/C17H15N3O2/c1-22-15-7-6-11(10-19-15)8-13-9-12-4-2-3-5-14(12)20-16(13)17(18)21/h2-7,9-10H,8H2,1H3,(H2,18,21). The molecule has 2 N–H and O–H groups in total. The van der Waals surface area contributed by atoms with Crippen molar-refractivity contribution in [3.8, 4) is 5.88 Å². The fourth-order valence-electron chi connectivity index (χ4n) is 2.36. The van der Waals surface area contributed by atoms with Crippen LogP contribution in [0.1, 0.15) is 21.6 Å². The number of rotatable bonds is 4. The third-order valence-electron chi connectivity index (χ3n) is 3.44. The fourth-order valence-corrected chi connectivity index (χ4v) is 2.36. The van der Waals surface area contributed by atoms with Crippen molar-refractivity contribution in [2.75, 3.05) is 7.11 Å². The van der Waals surface area contributed by atoms with E-state index in [2.05, 4.69) is 9.97 Å². The maximum atomic E-state index is 11.7. The van der Waals surface area contributed by atoms with Crippen LogP contribution in [0.15, 0.2) is 48.7 Å². The Hall–Kier alpha value is -2.95. The molecule has 5 heteroatoms. The van der Waals surface area contributed by atoms with E-state index in [1.165, 1.54) is 0 Å². The summed E-state index contributed by atoms with van der Waals surface area (Å²) >= 11 is 0. The van der Waals surface area contributed by atoms with E-state index in [4.69, 9.17) is 10.5 Å². The number of hydrogen-bond donors (Lipinski definition) is 1. The molecule has 3 rings (SSSR count). The Bertz CT molecular complexity index is 829. The van der Waals surface area contributed by atoms with Gasteiger partial charge < -0.3 is 10.5 Å². The Labute approximate surface area is 127 Å². The SMILES string of the molecule is COc1ccc(Cc2cc3ccccc3nc2C(N)=O)cn1. The van der Waals surface area contributed by atoms with Crippen LogP contribution in [0.25, 0.3) is 10.9 Å². The third kappa shape index (κ3) is 2.74. The lowest BCUT2D eigenvalue weighted by molar-refractivity contribution is 0.0995.